The molecule has 0 fully saturated rings. The molecule has 0 aliphatic heterocycles. The monoisotopic (exact) mass is 416 g/mol. The first-order chi connectivity index (χ1) is 13.9. The van der Waals surface area contributed by atoms with E-state index in [1.807, 2.05) is 10.6 Å². The molecule has 0 bridgehead atoms. The molecule has 4 rings (SSSR count). The van der Waals surface area contributed by atoms with Crippen molar-refractivity contribution in [2.75, 3.05) is 11.8 Å². The van der Waals surface area contributed by atoms with Gasteiger partial charge in [-0.15, -0.1) is 0 Å². The molecule has 0 atom stereocenters. The van der Waals surface area contributed by atoms with Gasteiger partial charge in [0.05, 0.1) is 12.0 Å². The van der Waals surface area contributed by atoms with Gasteiger partial charge in [0.15, 0.2) is 0 Å². The molecule has 29 heavy (non-hydrogen) atoms. The standard InChI is InChI=1S/C21H21FN2O4S/c1-28-21(25)13-24-19-5-3-2-4-17(19)18-12-15(8-11-20(18)24)23-29(26,27)16-9-6-14(22)7-10-16/h6-12,23H,2-5,13H2,1H3. The summed E-state index contributed by atoms with van der Waals surface area (Å²) in [4.78, 5) is 11.9. The number of ether oxygens (including phenoxy) is 1. The van der Waals surface area contributed by atoms with Crippen LogP contribution in [0.4, 0.5) is 10.1 Å². The minimum atomic E-state index is -3.83. The maximum absolute atomic E-state index is 13.1. The van der Waals surface area contributed by atoms with E-state index in [2.05, 4.69) is 4.72 Å². The molecule has 2 aromatic carbocycles. The van der Waals surface area contributed by atoms with Crippen molar-refractivity contribution in [3.63, 3.8) is 0 Å². The third-order valence-corrected chi connectivity index (χ3v) is 6.67. The van der Waals surface area contributed by atoms with E-state index in [9.17, 15) is 17.6 Å². The molecule has 0 spiro atoms. The van der Waals surface area contributed by atoms with Crippen LogP contribution in [0.5, 0.6) is 0 Å². The Morgan fingerprint density at radius 2 is 1.86 bits per heavy atom. The average molecular weight is 416 g/mol. The molecule has 1 aliphatic carbocycles. The van der Waals surface area contributed by atoms with Crippen molar-refractivity contribution in [3.05, 3.63) is 59.5 Å². The Bertz CT molecular complexity index is 1180. The van der Waals surface area contributed by atoms with E-state index in [4.69, 9.17) is 4.74 Å². The molecule has 1 aliphatic rings. The van der Waals surface area contributed by atoms with Crippen molar-refractivity contribution < 1.29 is 22.3 Å². The lowest BCUT2D eigenvalue weighted by Gasteiger charge is -2.15. The predicted octanol–water partition coefficient (Wildman–Crippen LogP) is 3.63. The summed E-state index contributed by atoms with van der Waals surface area (Å²) in [5.41, 5.74) is 3.56. The number of hydrogen-bond acceptors (Lipinski definition) is 4. The molecule has 3 aromatic rings. The van der Waals surface area contributed by atoms with E-state index < -0.39 is 15.8 Å². The summed E-state index contributed by atoms with van der Waals surface area (Å²) in [6.07, 6.45) is 3.86. The number of fused-ring (bicyclic) bond motifs is 3. The van der Waals surface area contributed by atoms with Crippen LogP contribution in [-0.4, -0.2) is 26.1 Å². The molecule has 0 radical (unpaired) electrons. The number of aromatic nitrogens is 1. The third kappa shape index (κ3) is 3.72. The summed E-state index contributed by atoms with van der Waals surface area (Å²) < 4.78 is 47.7. The van der Waals surface area contributed by atoms with Gasteiger partial charge in [0.2, 0.25) is 0 Å². The lowest BCUT2D eigenvalue weighted by Crippen LogP contribution is -2.15. The van der Waals surface area contributed by atoms with E-state index in [0.29, 0.717) is 5.69 Å². The van der Waals surface area contributed by atoms with Gasteiger partial charge >= 0.3 is 5.97 Å². The van der Waals surface area contributed by atoms with Crippen LogP contribution in [-0.2, 0) is 38.9 Å². The third-order valence-electron chi connectivity index (χ3n) is 5.27. The van der Waals surface area contributed by atoms with Crippen molar-refractivity contribution in [1.29, 1.82) is 0 Å². The second-order valence-corrected chi connectivity index (χ2v) is 8.77. The minimum Gasteiger partial charge on any atom is -0.468 e. The lowest BCUT2D eigenvalue weighted by molar-refractivity contribution is -0.141. The molecule has 1 aromatic heterocycles. The van der Waals surface area contributed by atoms with Gasteiger partial charge in [-0.25, -0.2) is 12.8 Å². The van der Waals surface area contributed by atoms with Crippen LogP contribution in [0, 0.1) is 5.82 Å². The number of anilines is 1. The number of esters is 1. The van der Waals surface area contributed by atoms with Crippen LogP contribution in [0.2, 0.25) is 0 Å². The van der Waals surface area contributed by atoms with Crippen molar-refractivity contribution in [2.45, 2.75) is 37.1 Å². The number of hydrogen-bond donors (Lipinski definition) is 1. The van der Waals surface area contributed by atoms with E-state index in [-0.39, 0.29) is 17.4 Å². The van der Waals surface area contributed by atoms with E-state index in [0.717, 1.165) is 60.0 Å². The fourth-order valence-electron chi connectivity index (χ4n) is 3.90. The Balaban J connectivity index is 1.74. The quantitative estimate of drug-likeness (QED) is 0.645. The molecule has 1 heterocycles. The average Bonchev–Trinajstić information content (AvgIpc) is 3.01. The van der Waals surface area contributed by atoms with Gasteiger partial charge in [0.25, 0.3) is 10.0 Å². The van der Waals surface area contributed by atoms with Crippen LogP contribution >= 0.6 is 0 Å². The first kappa shape index (κ1) is 19.4. The van der Waals surface area contributed by atoms with Crippen molar-refractivity contribution in [3.8, 4) is 0 Å². The fourth-order valence-corrected chi connectivity index (χ4v) is 4.95. The van der Waals surface area contributed by atoms with Gasteiger partial charge in [-0.3, -0.25) is 9.52 Å². The van der Waals surface area contributed by atoms with Crippen LogP contribution in [0.1, 0.15) is 24.1 Å². The molecule has 8 heteroatoms. The highest BCUT2D eigenvalue weighted by Gasteiger charge is 2.22. The first-order valence-electron chi connectivity index (χ1n) is 9.38. The van der Waals surface area contributed by atoms with Gasteiger partial charge in [0.1, 0.15) is 12.4 Å². The first-order valence-corrected chi connectivity index (χ1v) is 10.9. The number of sulfonamides is 1. The van der Waals surface area contributed by atoms with Crippen LogP contribution in [0.15, 0.2) is 47.4 Å². The zero-order chi connectivity index (χ0) is 20.6. The van der Waals surface area contributed by atoms with E-state index in [1.54, 1.807) is 12.1 Å². The van der Waals surface area contributed by atoms with Gasteiger partial charge in [-0.1, -0.05) is 0 Å². The highest BCUT2D eigenvalue weighted by Crippen LogP contribution is 2.34. The summed E-state index contributed by atoms with van der Waals surface area (Å²) in [6.45, 7) is 0.128. The lowest BCUT2D eigenvalue weighted by atomic mass is 9.95. The number of halogens is 1. The van der Waals surface area contributed by atoms with Crippen molar-refractivity contribution in [2.24, 2.45) is 0 Å². The molecule has 0 amide bonds. The van der Waals surface area contributed by atoms with Gasteiger partial charge in [-0.2, -0.15) is 0 Å². The summed E-state index contributed by atoms with van der Waals surface area (Å²) in [6, 6.07) is 9.97. The smallest absolute Gasteiger partial charge is 0.325 e. The van der Waals surface area contributed by atoms with Gasteiger partial charge < -0.3 is 9.30 Å². The van der Waals surface area contributed by atoms with E-state index >= 15 is 0 Å². The maximum atomic E-state index is 13.1. The summed E-state index contributed by atoms with van der Waals surface area (Å²) in [5, 5.41) is 0.933. The Morgan fingerprint density at radius 1 is 1.14 bits per heavy atom. The highest BCUT2D eigenvalue weighted by atomic mass is 32.2. The Kier molecular flexibility index (Phi) is 5.04. The zero-order valence-electron chi connectivity index (χ0n) is 15.9. The number of carbonyl (C=O) groups is 1. The second-order valence-electron chi connectivity index (χ2n) is 7.09. The SMILES string of the molecule is COC(=O)Cn1c2c(c3cc(NS(=O)(=O)c4ccc(F)cc4)ccc31)CCCC2. The fraction of sp³-hybridized carbons (Fsp3) is 0.286. The predicted molar refractivity (Wildman–Crippen MR) is 108 cm³/mol. The highest BCUT2D eigenvalue weighted by molar-refractivity contribution is 7.92. The van der Waals surface area contributed by atoms with Crippen LogP contribution in [0.25, 0.3) is 10.9 Å². The Labute approximate surface area is 168 Å². The second kappa shape index (κ2) is 7.51. The number of carbonyl (C=O) groups excluding carboxylic acids is 1. The van der Waals surface area contributed by atoms with E-state index in [1.165, 1.54) is 19.2 Å². The number of nitrogens with zero attached hydrogens (tertiary/aromatic N) is 1. The molecule has 1 N–H and O–H groups in total. The minimum absolute atomic E-state index is 0.00992. The zero-order valence-corrected chi connectivity index (χ0v) is 16.8. The summed E-state index contributed by atoms with van der Waals surface area (Å²) in [7, 11) is -2.47. The Morgan fingerprint density at radius 3 is 2.59 bits per heavy atom. The summed E-state index contributed by atoms with van der Waals surface area (Å²) in [5.74, 6) is -0.819. The van der Waals surface area contributed by atoms with Gasteiger partial charge in [-0.05, 0) is 73.7 Å². The van der Waals surface area contributed by atoms with Crippen LogP contribution in [0.3, 0.4) is 0 Å². The number of methoxy groups -OCH3 is 1. The normalized spacial score (nSPS) is 13.9. The van der Waals surface area contributed by atoms with Crippen molar-refractivity contribution >= 4 is 32.6 Å². The molecule has 0 unspecified atom stereocenters. The number of rotatable bonds is 5. The summed E-state index contributed by atoms with van der Waals surface area (Å²) >= 11 is 0. The molecule has 0 saturated heterocycles. The number of nitrogens with one attached hydrogen (secondary N) is 1. The van der Waals surface area contributed by atoms with Gasteiger partial charge in [0, 0.05) is 22.3 Å². The maximum Gasteiger partial charge on any atom is 0.325 e. The molecule has 0 saturated carbocycles. The Hall–Kier alpha value is -2.87. The van der Waals surface area contributed by atoms with Crippen molar-refractivity contribution in [1.82, 2.24) is 4.57 Å². The van der Waals surface area contributed by atoms with Crippen LogP contribution < -0.4 is 4.72 Å². The molecular weight excluding hydrogens is 395 g/mol. The number of benzene rings is 2. The molecule has 152 valence electrons. The molecular formula is C21H21FN2O4S. The topological polar surface area (TPSA) is 77.4 Å². The largest absolute Gasteiger partial charge is 0.468 e. The molecule has 6 nitrogen and oxygen atoms in total. The number of aryl methyl sites for hydroxylation is 1.